The Morgan fingerprint density at radius 2 is 1.73 bits per heavy atom. The Hall–Kier alpha value is -2.12. The number of carbonyl (C=O) groups excluding carboxylic acids is 1. The number of nitrogens with zero attached hydrogens (tertiary/aromatic N) is 2. The van der Waals surface area contributed by atoms with Crippen LogP contribution in [0.25, 0.3) is 0 Å². The lowest BCUT2D eigenvalue weighted by molar-refractivity contribution is 0.205. The first-order valence-electron chi connectivity index (χ1n) is 8.15. The van der Waals surface area contributed by atoms with Crippen LogP contribution in [0.3, 0.4) is 0 Å². The minimum atomic E-state index is -3.28. The van der Waals surface area contributed by atoms with Crippen molar-refractivity contribution in [1.29, 1.82) is 0 Å². The summed E-state index contributed by atoms with van der Waals surface area (Å²) in [6, 6.07) is 11.9. The third-order valence-electron chi connectivity index (χ3n) is 4.90. The predicted molar refractivity (Wildman–Crippen MR) is 97.5 cm³/mol. The van der Waals surface area contributed by atoms with Crippen LogP contribution < -0.4 is 4.90 Å². The lowest BCUT2D eigenvalue weighted by atomic mass is 10.1. The van der Waals surface area contributed by atoms with E-state index in [1.807, 2.05) is 6.07 Å². The van der Waals surface area contributed by atoms with Crippen LogP contribution in [0.15, 0.2) is 48.5 Å². The Morgan fingerprint density at radius 1 is 1.04 bits per heavy atom. The molecule has 2 aromatic carbocycles. The first-order valence-corrected chi connectivity index (χ1v) is 10.4. The minimum absolute atomic E-state index is 0.0651. The van der Waals surface area contributed by atoms with Crippen molar-refractivity contribution in [3.8, 4) is 0 Å². The number of hydrogen-bond donors (Lipinski definition) is 0. The molecule has 0 aromatic heterocycles. The molecule has 2 saturated heterocycles. The smallest absolute Gasteiger partial charge is 0.314 e. The number of para-hydroxylation sites is 1. The molecule has 2 amide bonds. The molecule has 136 valence electrons. The van der Waals surface area contributed by atoms with Gasteiger partial charge in [-0.3, -0.25) is 4.90 Å². The summed E-state index contributed by atoms with van der Waals surface area (Å²) in [7, 11) is -3.28. The fraction of sp³-hybridized carbons (Fsp3) is 0.278. The van der Waals surface area contributed by atoms with Gasteiger partial charge in [-0.05, 0) is 24.3 Å². The van der Waals surface area contributed by atoms with E-state index in [-0.39, 0.29) is 34.7 Å². The average Bonchev–Trinajstić information content (AvgIpc) is 3.02. The molecule has 2 fully saturated rings. The quantitative estimate of drug-likeness (QED) is 0.752. The van der Waals surface area contributed by atoms with Crippen LogP contribution in [0, 0.1) is 5.82 Å². The molecule has 2 aliphatic rings. The lowest BCUT2D eigenvalue weighted by Gasteiger charge is -2.23. The van der Waals surface area contributed by atoms with E-state index in [9.17, 15) is 17.6 Å². The van der Waals surface area contributed by atoms with Crippen molar-refractivity contribution in [2.24, 2.45) is 0 Å². The van der Waals surface area contributed by atoms with Crippen molar-refractivity contribution in [3.63, 3.8) is 0 Å². The average molecular weight is 395 g/mol. The SMILES string of the molecule is O=C1N(Cc2c(F)cccc2Cl)[C@H]2CS(=O)(=O)C[C@H]2N1c1ccccc1. The highest BCUT2D eigenvalue weighted by atomic mass is 35.5. The number of hydrogen-bond acceptors (Lipinski definition) is 3. The van der Waals surface area contributed by atoms with Crippen LogP contribution in [-0.4, -0.2) is 42.9 Å². The van der Waals surface area contributed by atoms with Crippen molar-refractivity contribution in [3.05, 3.63) is 64.9 Å². The number of rotatable bonds is 3. The molecule has 2 heterocycles. The van der Waals surface area contributed by atoms with E-state index < -0.39 is 27.7 Å². The van der Waals surface area contributed by atoms with Gasteiger partial charge in [-0.2, -0.15) is 0 Å². The molecule has 0 N–H and O–H groups in total. The summed E-state index contributed by atoms with van der Waals surface area (Å²) >= 11 is 6.10. The molecule has 0 spiro atoms. The fourth-order valence-electron chi connectivity index (χ4n) is 3.71. The second-order valence-corrected chi connectivity index (χ2v) is 9.09. The van der Waals surface area contributed by atoms with E-state index in [0.717, 1.165) is 0 Å². The van der Waals surface area contributed by atoms with Crippen LogP contribution in [-0.2, 0) is 16.4 Å². The standard InChI is InChI=1S/C18H16ClFN2O3S/c19-14-7-4-8-15(20)13(14)9-21-16-10-26(24,25)11-17(16)22(18(21)23)12-5-2-1-3-6-12/h1-8,16-17H,9-11H2/t16-,17+/m0/s1. The van der Waals surface area contributed by atoms with Crippen molar-refractivity contribution >= 4 is 33.2 Å². The summed E-state index contributed by atoms with van der Waals surface area (Å²) in [5.41, 5.74) is 0.826. The number of sulfone groups is 1. The topological polar surface area (TPSA) is 57.7 Å². The Kier molecular flexibility index (Phi) is 4.16. The lowest BCUT2D eigenvalue weighted by Crippen LogP contribution is -2.37. The highest BCUT2D eigenvalue weighted by Crippen LogP contribution is 2.36. The Bertz CT molecular complexity index is 947. The number of anilines is 1. The van der Waals surface area contributed by atoms with E-state index in [1.54, 1.807) is 30.3 Å². The van der Waals surface area contributed by atoms with Gasteiger partial charge in [0.25, 0.3) is 0 Å². The molecular weight excluding hydrogens is 379 g/mol. The molecule has 0 aliphatic carbocycles. The van der Waals surface area contributed by atoms with E-state index >= 15 is 0 Å². The number of benzene rings is 2. The molecule has 26 heavy (non-hydrogen) atoms. The maximum atomic E-state index is 14.2. The van der Waals surface area contributed by atoms with Crippen molar-refractivity contribution in [2.75, 3.05) is 16.4 Å². The monoisotopic (exact) mass is 394 g/mol. The number of halogens is 2. The molecule has 2 aromatic rings. The van der Waals surface area contributed by atoms with Gasteiger partial charge in [0.05, 0.1) is 30.1 Å². The van der Waals surface area contributed by atoms with Gasteiger partial charge in [0, 0.05) is 16.3 Å². The largest absolute Gasteiger partial charge is 0.325 e. The van der Waals surface area contributed by atoms with Crippen LogP contribution >= 0.6 is 11.6 Å². The molecule has 0 bridgehead atoms. The number of carbonyl (C=O) groups is 1. The molecule has 2 aliphatic heterocycles. The van der Waals surface area contributed by atoms with Crippen molar-refractivity contribution in [1.82, 2.24) is 4.90 Å². The normalized spacial score (nSPS) is 24.2. The molecule has 0 unspecified atom stereocenters. The van der Waals surface area contributed by atoms with E-state index in [2.05, 4.69) is 0 Å². The van der Waals surface area contributed by atoms with Crippen LogP contribution in [0.4, 0.5) is 14.9 Å². The zero-order valence-corrected chi connectivity index (χ0v) is 15.3. The number of fused-ring (bicyclic) bond motifs is 1. The third-order valence-corrected chi connectivity index (χ3v) is 6.95. The van der Waals surface area contributed by atoms with Gasteiger partial charge < -0.3 is 4.90 Å². The zero-order valence-electron chi connectivity index (χ0n) is 13.7. The Balaban J connectivity index is 1.74. The highest BCUT2D eigenvalue weighted by molar-refractivity contribution is 7.91. The van der Waals surface area contributed by atoms with E-state index in [0.29, 0.717) is 5.69 Å². The highest BCUT2D eigenvalue weighted by Gasteiger charge is 2.53. The Labute approximate surface area is 155 Å². The maximum absolute atomic E-state index is 14.2. The first kappa shape index (κ1) is 17.3. The maximum Gasteiger partial charge on any atom is 0.325 e. The number of amides is 2. The van der Waals surface area contributed by atoms with E-state index in [4.69, 9.17) is 11.6 Å². The molecule has 0 radical (unpaired) electrons. The second-order valence-electron chi connectivity index (χ2n) is 6.53. The van der Waals surface area contributed by atoms with E-state index in [1.165, 1.54) is 21.9 Å². The van der Waals surface area contributed by atoms with Crippen LogP contribution in [0.1, 0.15) is 5.56 Å². The van der Waals surface area contributed by atoms with Crippen molar-refractivity contribution < 1.29 is 17.6 Å². The van der Waals surface area contributed by atoms with Gasteiger partial charge in [-0.15, -0.1) is 0 Å². The summed E-state index contributed by atoms with van der Waals surface area (Å²) in [5, 5.41) is 0.216. The Morgan fingerprint density at radius 3 is 2.42 bits per heavy atom. The molecule has 4 rings (SSSR count). The van der Waals surface area contributed by atoms with Gasteiger partial charge in [-0.1, -0.05) is 35.9 Å². The summed E-state index contributed by atoms with van der Waals surface area (Å²) in [5.74, 6) is -0.737. The van der Waals surface area contributed by atoms with Gasteiger partial charge >= 0.3 is 6.03 Å². The van der Waals surface area contributed by atoms with Crippen LogP contribution in [0.5, 0.6) is 0 Å². The summed E-state index contributed by atoms with van der Waals surface area (Å²) in [4.78, 5) is 16.0. The summed E-state index contributed by atoms with van der Waals surface area (Å²) in [6.07, 6.45) is 0. The summed E-state index contributed by atoms with van der Waals surface area (Å²) < 4.78 is 38.6. The molecule has 2 atom stereocenters. The van der Waals surface area contributed by atoms with Gasteiger partial charge in [0.1, 0.15) is 5.82 Å². The molecule has 8 heteroatoms. The van der Waals surface area contributed by atoms with Gasteiger partial charge in [-0.25, -0.2) is 17.6 Å². The molecule has 5 nitrogen and oxygen atoms in total. The predicted octanol–water partition coefficient (Wildman–Crippen LogP) is 3.09. The minimum Gasteiger partial charge on any atom is -0.314 e. The van der Waals surface area contributed by atoms with Gasteiger partial charge in [0.15, 0.2) is 9.84 Å². The first-order chi connectivity index (χ1) is 12.4. The second kappa shape index (κ2) is 6.25. The molecular formula is C18H16ClFN2O3S. The number of urea groups is 1. The zero-order chi connectivity index (χ0) is 18.5. The third kappa shape index (κ3) is 2.85. The fourth-order valence-corrected chi connectivity index (χ4v) is 5.88. The van der Waals surface area contributed by atoms with Crippen LogP contribution in [0.2, 0.25) is 5.02 Å². The summed E-state index contributed by atoms with van der Waals surface area (Å²) in [6.45, 7) is -0.0651. The van der Waals surface area contributed by atoms with Crippen molar-refractivity contribution in [2.45, 2.75) is 18.6 Å². The van der Waals surface area contributed by atoms with Gasteiger partial charge in [0.2, 0.25) is 0 Å². The molecule has 0 saturated carbocycles.